The predicted octanol–water partition coefficient (Wildman–Crippen LogP) is 2.33. The predicted molar refractivity (Wildman–Crippen MR) is 63.7 cm³/mol. The first-order valence-corrected chi connectivity index (χ1v) is 6.20. The summed E-state index contributed by atoms with van der Waals surface area (Å²) in [6.07, 6.45) is 5.41. The number of rotatable bonds is 0. The summed E-state index contributed by atoms with van der Waals surface area (Å²) in [5.74, 6) is 0.328. The SMILES string of the molecule is O=C1c2ccccc2CC[C@@]12CCCCN2. The van der Waals surface area contributed by atoms with Gasteiger partial charge in [-0.25, -0.2) is 0 Å². The van der Waals surface area contributed by atoms with Crippen molar-refractivity contribution in [1.82, 2.24) is 5.32 Å². The summed E-state index contributed by atoms with van der Waals surface area (Å²) in [5.41, 5.74) is 1.95. The Labute approximate surface area is 96.1 Å². The van der Waals surface area contributed by atoms with Crippen molar-refractivity contribution >= 4 is 5.78 Å². The molecule has 2 heteroatoms. The highest BCUT2D eigenvalue weighted by atomic mass is 16.1. The van der Waals surface area contributed by atoms with Gasteiger partial charge in [0.1, 0.15) is 0 Å². The number of ketones is 1. The van der Waals surface area contributed by atoms with Gasteiger partial charge in [0, 0.05) is 5.56 Å². The number of nitrogens with one attached hydrogen (secondary N) is 1. The van der Waals surface area contributed by atoms with E-state index in [1.807, 2.05) is 18.2 Å². The molecule has 0 unspecified atom stereocenters. The first-order chi connectivity index (χ1) is 7.82. The summed E-state index contributed by atoms with van der Waals surface area (Å²) in [7, 11) is 0. The molecular weight excluding hydrogens is 198 g/mol. The molecule has 1 spiro atoms. The van der Waals surface area contributed by atoms with Crippen LogP contribution in [0.2, 0.25) is 0 Å². The summed E-state index contributed by atoms with van der Waals surface area (Å²) in [5, 5.41) is 3.48. The van der Waals surface area contributed by atoms with Crippen molar-refractivity contribution in [2.24, 2.45) is 0 Å². The van der Waals surface area contributed by atoms with E-state index in [0.29, 0.717) is 5.78 Å². The smallest absolute Gasteiger partial charge is 0.183 e. The van der Waals surface area contributed by atoms with Crippen molar-refractivity contribution in [3.63, 3.8) is 0 Å². The van der Waals surface area contributed by atoms with Gasteiger partial charge in [0.05, 0.1) is 5.54 Å². The van der Waals surface area contributed by atoms with Crippen LogP contribution in [0.3, 0.4) is 0 Å². The zero-order chi connectivity index (χ0) is 11.0. The first-order valence-electron chi connectivity index (χ1n) is 6.20. The molecule has 1 heterocycles. The van der Waals surface area contributed by atoms with Crippen molar-refractivity contribution in [1.29, 1.82) is 0 Å². The molecule has 0 radical (unpaired) electrons. The number of carbonyl (C=O) groups is 1. The second-order valence-electron chi connectivity index (χ2n) is 4.95. The Bertz CT molecular complexity index is 418. The fourth-order valence-corrected chi connectivity index (χ4v) is 3.05. The van der Waals surface area contributed by atoms with Crippen LogP contribution in [0, 0.1) is 0 Å². The molecule has 0 aromatic heterocycles. The van der Waals surface area contributed by atoms with Gasteiger partial charge < -0.3 is 5.32 Å². The molecule has 1 aromatic rings. The van der Waals surface area contributed by atoms with E-state index in [-0.39, 0.29) is 5.54 Å². The highest BCUT2D eigenvalue weighted by Gasteiger charge is 2.42. The maximum atomic E-state index is 12.5. The lowest BCUT2D eigenvalue weighted by atomic mass is 9.73. The minimum atomic E-state index is -0.230. The third kappa shape index (κ3) is 1.40. The largest absolute Gasteiger partial charge is 0.305 e. The topological polar surface area (TPSA) is 29.1 Å². The van der Waals surface area contributed by atoms with Gasteiger partial charge >= 0.3 is 0 Å². The van der Waals surface area contributed by atoms with E-state index in [1.54, 1.807) is 0 Å². The van der Waals surface area contributed by atoms with Crippen molar-refractivity contribution in [2.45, 2.75) is 37.6 Å². The molecule has 2 aliphatic rings. The van der Waals surface area contributed by atoms with E-state index in [0.717, 1.165) is 31.4 Å². The zero-order valence-corrected chi connectivity index (χ0v) is 9.46. The zero-order valence-electron chi connectivity index (χ0n) is 9.46. The number of Topliss-reactive ketones (excluding diaryl/α,β-unsaturated/α-hetero) is 1. The summed E-state index contributed by atoms with van der Waals surface area (Å²) in [6, 6.07) is 8.06. The van der Waals surface area contributed by atoms with Crippen LogP contribution in [0.15, 0.2) is 24.3 Å². The van der Waals surface area contributed by atoms with Gasteiger partial charge in [0.2, 0.25) is 0 Å². The van der Waals surface area contributed by atoms with Gasteiger partial charge in [-0.1, -0.05) is 24.3 Å². The molecule has 16 heavy (non-hydrogen) atoms. The van der Waals surface area contributed by atoms with Crippen LogP contribution in [0.4, 0.5) is 0 Å². The minimum absolute atomic E-state index is 0.230. The fourth-order valence-electron chi connectivity index (χ4n) is 3.05. The van der Waals surface area contributed by atoms with Crippen molar-refractivity contribution in [3.05, 3.63) is 35.4 Å². The molecule has 1 aliphatic carbocycles. The average Bonchev–Trinajstić information content (AvgIpc) is 2.36. The molecule has 3 rings (SSSR count). The van der Waals surface area contributed by atoms with Crippen molar-refractivity contribution < 1.29 is 4.79 Å². The number of carbonyl (C=O) groups excluding carboxylic acids is 1. The second kappa shape index (κ2) is 3.70. The molecule has 0 amide bonds. The average molecular weight is 215 g/mol. The Balaban J connectivity index is 2.00. The van der Waals surface area contributed by atoms with Crippen LogP contribution >= 0.6 is 0 Å². The molecule has 1 saturated heterocycles. The molecule has 1 fully saturated rings. The number of benzene rings is 1. The number of aryl methyl sites for hydroxylation is 1. The standard InChI is InChI=1S/C14H17NO/c16-13-12-6-2-1-5-11(12)7-9-14(13)8-3-4-10-15-14/h1-2,5-6,15H,3-4,7-10H2/t14-/m0/s1. The van der Waals surface area contributed by atoms with Crippen molar-refractivity contribution in [3.8, 4) is 0 Å². The molecule has 1 aromatic carbocycles. The lowest BCUT2D eigenvalue weighted by Gasteiger charge is -2.40. The minimum Gasteiger partial charge on any atom is -0.305 e. The van der Waals surface area contributed by atoms with Gasteiger partial charge in [-0.2, -0.15) is 0 Å². The third-order valence-corrected chi connectivity index (χ3v) is 4.01. The van der Waals surface area contributed by atoms with Crippen LogP contribution in [0.5, 0.6) is 0 Å². The molecule has 2 nitrogen and oxygen atoms in total. The van der Waals surface area contributed by atoms with Crippen LogP contribution in [0.25, 0.3) is 0 Å². The number of hydrogen-bond acceptors (Lipinski definition) is 2. The highest BCUT2D eigenvalue weighted by Crippen LogP contribution is 2.34. The molecule has 1 N–H and O–H groups in total. The summed E-state index contributed by atoms with van der Waals surface area (Å²) >= 11 is 0. The normalized spacial score (nSPS) is 29.1. The van der Waals surface area contributed by atoms with E-state index < -0.39 is 0 Å². The Morgan fingerprint density at radius 3 is 2.81 bits per heavy atom. The lowest BCUT2D eigenvalue weighted by Crippen LogP contribution is -2.56. The number of fused-ring (bicyclic) bond motifs is 1. The van der Waals surface area contributed by atoms with Gasteiger partial charge in [-0.15, -0.1) is 0 Å². The Kier molecular flexibility index (Phi) is 2.32. The maximum absolute atomic E-state index is 12.5. The van der Waals surface area contributed by atoms with Gasteiger partial charge in [0.15, 0.2) is 5.78 Å². The first kappa shape index (κ1) is 10.0. The molecule has 1 aliphatic heterocycles. The fraction of sp³-hybridized carbons (Fsp3) is 0.500. The molecule has 0 bridgehead atoms. The lowest BCUT2D eigenvalue weighted by molar-refractivity contribution is 0.0782. The van der Waals surface area contributed by atoms with Crippen LogP contribution < -0.4 is 5.32 Å². The highest BCUT2D eigenvalue weighted by molar-refractivity contribution is 6.05. The maximum Gasteiger partial charge on any atom is 0.183 e. The molecule has 1 atom stereocenters. The van der Waals surface area contributed by atoms with Crippen LogP contribution in [-0.2, 0) is 6.42 Å². The van der Waals surface area contributed by atoms with Gasteiger partial charge in [-0.05, 0) is 44.2 Å². The summed E-state index contributed by atoms with van der Waals surface area (Å²) in [4.78, 5) is 12.5. The van der Waals surface area contributed by atoms with Gasteiger partial charge in [-0.3, -0.25) is 4.79 Å². The van der Waals surface area contributed by atoms with E-state index >= 15 is 0 Å². The monoisotopic (exact) mass is 215 g/mol. The quantitative estimate of drug-likeness (QED) is 0.719. The molecule has 84 valence electrons. The molecule has 0 saturated carbocycles. The van der Waals surface area contributed by atoms with E-state index in [1.165, 1.54) is 18.4 Å². The Morgan fingerprint density at radius 2 is 2.00 bits per heavy atom. The van der Waals surface area contributed by atoms with Crippen molar-refractivity contribution in [2.75, 3.05) is 6.54 Å². The Hall–Kier alpha value is -1.15. The van der Waals surface area contributed by atoms with E-state index in [2.05, 4.69) is 11.4 Å². The second-order valence-corrected chi connectivity index (χ2v) is 4.95. The third-order valence-electron chi connectivity index (χ3n) is 4.01. The van der Waals surface area contributed by atoms with E-state index in [4.69, 9.17) is 0 Å². The molecular formula is C14H17NO. The number of hydrogen-bond donors (Lipinski definition) is 1. The summed E-state index contributed by atoms with van der Waals surface area (Å²) in [6.45, 7) is 0.994. The number of piperidine rings is 1. The van der Waals surface area contributed by atoms with E-state index in [9.17, 15) is 4.79 Å². The van der Waals surface area contributed by atoms with Crippen LogP contribution in [-0.4, -0.2) is 17.9 Å². The van der Waals surface area contributed by atoms with Crippen LogP contribution in [0.1, 0.15) is 41.6 Å². The Morgan fingerprint density at radius 1 is 1.12 bits per heavy atom. The summed E-state index contributed by atoms with van der Waals surface area (Å²) < 4.78 is 0. The van der Waals surface area contributed by atoms with Gasteiger partial charge in [0.25, 0.3) is 0 Å².